The molecule has 3 nitrogen and oxygen atoms in total. The van der Waals surface area contributed by atoms with Crippen LogP contribution in [0.15, 0.2) is 18.2 Å². The number of benzene rings is 1. The van der Waals surface area contributed by atoms with E-state index in [2.05, 4.69) is 0 Å². The number of hydrogen-bond donors (Lipinski definition) is 2. The van der Waals surface area contributed by atoms with Crippen LogP contribution in [0.25, 0.3) is 0 Å². The largest absolute Gasteiger partial charge is 0.507 e. The average molecular weight is 195 g/mol. The predicted molar refractivity (Wildman–Crippen MR) is 56.4 cm³/mol. The van der Waals surface area contributed by atoms with Crippen LogP contribution in [0.5, 0.6) is 11.5 Å². The number of phenolic OH excluding ortho intramolecular Hbond substituents is 1. The molecule has 14 heavy (non-hydrogen) atoms. The van der Waals surface area contributed by atoms with Crippen molar-refractivity contribution < 1.29 is 9.84 Å². The van der Waals surface area contributed by atoms with Crippen molar-refractivity contribution >= 4 is 0 Å². The number of rotatable bonds is 2. The topological polar surface area (TPSA) is 55.5 Å². The van der Waals surface area contributed by atoms with Crippen LogP contribution in [-0.2, 0) is 6.54 Å². The smallest absolute Gasteiger partial charge is 0.128 e. The molecule has 0 spiro atoms. The summed E-state index contributed by atoms with van der Waals surface area (Å²) in [5, 5.41) is 9.53. The van der Waals surface area contributed by atoms with Crippen molar-refractivity contribution in [2.24, 2.45) is 5.73 Å². The highest BCUT2D eigenvalue weighted by Gasteiger charge is 2.15. The van der Waals surface area contributed by atoms with Crippen LogP contribution in [0.1, 0.15) is 26.3 Å². The molecule has 3 heteroatoms. The molecule has 3 N–H and O–H groups in total. The number of hydrogen-bond acceptors (Lipinski definition) is 3. The van der Waals surface area contributed by atoms with E-state index in [-0.39, 0.29) is 17.9 Å². The van der Waals surface area contributed by atoms with Crippen LogP contribution in [0.2, 0.25) is 0 Å². The third kappa shape index (κ3) is 2.64. The summed E-state index contributed by atoms with van der Waals surface area (Å²) in [6, 6.07) is 5.17. The van der Waals surface area contributed by atoms with Crippen molar-refractivity contribution in [3.05, 3.63) is 23.8 Å². The minimum absolute atomic E-state index is 0.189. The maximum atomic E-state index is 9.53. The third-order valence-electron chi connectivity index (χ3n) is 1.73. The molecule has 0 aliphatic heterocycles. The van der Waals surface area contributed by atoms with Gasteiger partial charge in [0.2, 0.25) is 0 Å². The highest BCUT2D eigenvalue weighted by molar-refractivity contribution is 5.43. The number of ether oxygens (including phenoxy) is 1. The van der Waals surface area contributed by atoms with E-state index in [1.165, 1.54) is 0 Å². The molecule has 78 valence electrons. The highest BCUT2D eigenvalue weighted by atomic mass is 16.5. The molecule has 1 rings (SSSR count). The first-order valence-corrected chi connectivity index (χ1v) is 4.64. The minimum Gasteiger partial charge on any atom is -0.507 e. The summed E-state index contributed by atoms with van der Waals surface area (Å²) >= 11 is 0. The van der Waals surface area contributed by atoms with Gasteiger partial charge in [-0.15, -0.1) is 0 Å². The molecule has 1 aromatic carbocycles. The molecule has 0 atom stereocenters. The monoisotopic (exact) mass is 195 g/mol. The summed E-state index contributed by atoms with van der Waals surface area (Å²) in [6.07, 6.45) is 0. The molecule has 0 bridgehead atoms. The van der Waals surface area contributed by atoms with Gasteiger partial charge in [0.05, 0.1) is 0 Å². The van der Waals surface area contributed by atoms with Crippen molar-refractivity contribution in [3.63, 3.8) is 0 Å². The lowest BCUT2D eigenvalue weighted by Gasteiger charge is -2.23. The molecule has 0 saturated heterocycles. The van der Waals surface area contributed by atoms with Gasteiger partial charge >= 0.3 is 0 Å². The lowest BCUT2D eigenvalue weighted by atomic mass is 10.1. The summed E-state index contributed by atoms with van der Waals surface area (Å²) in [5.74, 6) is 0.842. The molecule has 0 unspecified atom stereocenters. The molecular weight excluding hydrogens is 178 g/mol. The summed E-state index contributed by atoms with van der Waals surface area (Å²) in [7, 11) is 0. The van der Waals surface area contributed by atoms with E-state index in [9.17, 15) is 5.11 Å². The van der Waals surface area contributed by atoms with E-state index >= 15 is 0 Å². The first-order valence-electron chi connectivity index (χ1n) is 4.64. The Hall–Kier alpha value is -1.22. The molecule has 0 amide bonds. The summed E-state index contributed by atoms with van der Waals surface area (Å²) in [5.41, 5.74) is 5.91. The maximum absolute atomic E-state index is 9.53. The Labute approximate surface area is 84.5 Å². The molecule has 0 fully saturated rings. The van der Waals surface area contributed by atoms with Crippen LogP contribution in [0.4, 0.5) is 0 Å². The van der Waals surface area contributed by atoms with Gasteiger partial charge in [0.15, 0.2) is 0 Å². The Morgan fingerprint density at radius 1 is 1.36 bits per heavy atom. The fourth-order valence-corrected chi connectivity index (χ4v) is 1.18. The minimum atomic E-state index is -0.280. The van der Waals surface area contributed by atoms with Gasteiger partial charge in [-0.3, -0.25) is 0 Å². The van der Waals surface area contributed by atoms with Gasteiger partial charge in [0.1, 0.15) is 17.1 Å². The average Bonchev–Trinajstić information content (AvgIpc) is 2.01. The number of aromatic hydroxyl groups is 1. The van der Waals surface area contributed by atoms with Crippen molar-refractivity contribution in [1.29, 1.82) is 0 Å². The van der Waals surface area contributed by atoms with Crippen LogP contribution < -0.4 is 10.5 Å². The van der Waals surface area contributed by atoms with Crippen molar-refractivity contribution in [2.75, 3.05) is 0 Å². The van der Waals surface area contributed by atoms with Gasteiger partial charge in [0.25, 0.3) is 0 Å². The Bertz CT molecular complexity index is 316. The summed E-state index contributed by atoms with van der Waals surface area (Å²) in [4.78, 5) is 0. The van der Waals surface area contributed by atoms with Crippen molar-refractivity contribution in [2.45, 2.75) is 32.9 Å². The summed E-state index contributed by atoms with van der Waals surface area (Å²) < 4.78 is 5.66. The van der Waals surface area contributed by atoms with Crippen molar-refractivity contribution in [3.8, 4) is 11.5 Å². The number of phenols is 1. The molecule has 0 heterocycles. The predicted octanol–water partition coefficient (Wildman–Crippen LogP) is 2.03. The van der Waals surface area contributed by atoms with Gasteiger partial charge in [-0.2, -0.15) is 0 Å². The highest BCUT2D eigenvalue weighted by Crippen LogP contribution is 2.29. The normalized spacial score (nSPS) is 11.4. The molecular formula is C11H17NO2. The zero-order valence-electron chi connectivity index (χ0n) is 8.87. The first kappa shape index (κ1) is 10.9. The van der Waals surface area contributed by atoms with E-state index in [0.717, 1.165) is 0 Å². The molecule has 1 aromatic rings. The second-order valence-electron chi connectivity index (χ2n) is 4.17. The zero-order chi connectivity index (χ0) is 10.8. The molecule has 0 aliphatic rings. The van der Waals surface area contributed by atoms with Gasteiger partial charge in [-0.05, 0) is 32.9 Å². The Morgan fingerprint density at radius 2 is 2.00 bits per heavy atom. The number of nitrogens with two attached hydrogens (primary N) is 1. The van der Waals surface area contributed by atoms with E-state index in [0.29, 0.717) is 11.3 Å². The Morgan fingerprint density at radius 3 is 2.50 bits per heavy atom. The van der Waals surface area contributed by atoms with Crippen LogP contribution in [0, 0.1) is 0 Å². The van der Waals surface area contributed by atoms with E-state index in [1.54, 1.807) is 12.1 Å². The molecule has 0 saturated carbocycles. The lowest BCUT2D eigenvalue weighted by molar-refractivity contribution is 0.129. The van der Waals surface area contributed by atoms with E-state index in [1.807, 2.05) is 26.8 Å². The third-order valence-corrected chi connectivity index (χ3v) is 1.73. The standard InChI is InChI=1S/C11H17NO2/c1-11(2,3)14-10-6-4-5-9(13)8(10)7-12/h4-6,13H,7,12H2,1-3H3. The fourth-order valence-electron chi connectivity index (χ4n) is 1.18. The van der Waals surface area contributed by atoms with Gasteiger partial charge in [0, 0.05) is 12.1 Å². The Balaban J connectivity index is 3.02. The van der Waals surface area contributed by atoms with Gasteiger partial charge in [-0.25, -0.2) is 0 Å². The van der Waals surface area contributed by atoms with Gasteiger partial charge < -0.3 is 15.6 Å². The SMILES string of the molecule is CC(C)(C)Oc1cccc(O)c1CN. The second kappa shape index (κ2) is 3.88. The Kier molecular flexibility index (Phi) is 3.01. The van der Waals surface area contributed by atoms with Crippen LogP contribution in [-0.4, -0.2) is 10.7 Å². The molecule has 0 aromatic heterocycles. The molecule has 0 aliphatic carbocycles. The molecule has 0 radical (unpaired) electrons. The van der Waals surface area contributed by atoms with E-state index in [4.69, 9.17) is 10.5 Å². The fraction of sp³-hybridized carbons (Fsp3) is 0.455. The second-order valence-corrected chi connectivity index (χ2v) is 4.17. The van der Waals surface area contributed by atoms with Gasteiger partial charge in [-0.1, -0.05) is 6.07 Å². The quantitative estimate of drug-likeness (QED) is 0.759. The summed E-state index contributed by atoms with van der Waals surface area (Å²) in [6.45, 7) is 6.14. The zero-order valence-corrected chi connectivity index (χ0v) is 8.87. The van der Waals surface area contributed by atoms with E-state index < -0.39 is 0 Å². The van der Waals surface area contributed by atoms with Crippen LogP contribution >= 0.6 is 0 Å². The lowest BCUT2D eigenvalue weighted by Crippen LogP contribution is -2.23. The van der Waals surface area contributed by atoms with Crippen molar-refractivity contribution in [1.82, 2.24) is 0 Å². The first-order chi connectivity index (χ1) is 6.44. The maximum Gasteiger partial charge on any atom is 0.128 e. The van der Waals surface area contributed by atoms with Crippen LogP contribution in [0.3, 0.4) is 0 Å².